The van der Waals surface area contributed by atoms with Gasteiger partial charge in [-0.2, -0.15) is 5.10 Å². The van der Waals surface area contributed by atoms with E-state index in [4.69, 9.17) is 11.6 Å². The summed E-state index contributed by atoms with van der Waals surface area (Å²) in [6.45, 7) is 2.25. The molecule has 0 spiro atoms. The van der Waals surface area contributed by atoms with Crippen LogP contribution in [0.2, 0.25) is 0 Å². The third kappa shape index (κ3) is 11.2. The molecule has 0 unspecified atom stereocenters. The Hall–Kier alpha value is -0.730. The van der Waals surface area contributed by atoms with Crippen LogP contribution in [0.25, 0.3) is 0 Å². The lowest BCUT2D eigenvalue weighted by Gasteiger charge is -2.01. The fourth-order valence-electron chi connectivity index (χ4n) is 1.68. The van der Waals surface area contributed by atoms with Crippen molar-refractivity contribution in [1.82, 2.24) is 0 Å². The highest BCUT2D eigenvalue weighted by Crippen LogP contribution is 2.10. The van der Waals surface area contributed by atoms with E-state index in [0.29, 0.717) is 5.84 Å². The molecular formula is C12H27N3. The van der Waals surface area contributed by atoms with Crippen LogP contribution in [0.15, 0.2) is 5.10 Å². The van der Waals surface area contributed by atoms with Crippen LogP contribution in [0.1, 0.15) is 71.1 Å². The maximum Gasteiger partial charge on any atom is 0.119 e. The number of rotatable bonds is 10. The van der Waals surface area contributed by atoms with Gasteiger partial charge in [0.2, 0.25) is 0 Å². The summed E-state index contributed by atoms with van der Waals surface area (Å²) in [6.07, 6.45) is 12.8. The average Bonchev–Trinajstić information content (AvgIpc) is 2.26. The fourth-order valence-corrected chi connectivity index (χ4v) is 1.68. The Morgan fingerprint density at radius 2 is 1.33 bits per heavy atom. The van der Waals surface area contributed by atoms with E-state index in [1.165, 1.54) is 51.4 Å². The van der Waals surface area contributed by atoms with Crippen molar-refractivity contribution in [2.75, 3.05) is 0 Å². The summed E-state index contributed by atoms with van der Waals surface area (Å²) in [5.74, 6) is 5.63. The largest absolute Gasteiger partial charge is 0.386 e. The first-order chi connectivity index (χ1) is 7.31. The zero-order chi connectivity index (χ0) is 11.4. The number of hydrogen-bond donors (Lipinski definition) is 2. The van der Waals surface area contributed by atoms with Gasteiger partial charge in [0.15, 0.2) is 0 Å². The summed E-state index contributed by atoms with van der Waals surface area (Å²) in [5.41, 5.74) is 5.49. The third-order valence-electron chi connectivity index (χ3n) is 2.70. The highest BCUT2D eigenvalue weighted by molar-refractivity contribution is 5.79. The standard InChI is InChI=1S/C12H27N3/c1-2-3-4-5-6-7-8-9-10-11-12(13)15-14/h2-11,14H2,1H3,(H2,13,15). The summed E-state index contributed by atoms with van der Waals surface area (Å²) in [7, 11) is 0. The molecule has 0 aromatic rings. The minimum atomic E-state index is 0.581. The van der Waals surface area contributed by atoms with Crippen LogP contribution < -0.4 is 11.6 Å². The predicted molar refractivity (Wildman–Crippen MR) is 67.7 cm³/mol. The van der Waals surface area contributed by atoms with Gasteiger partial charge in [0.25, 0.3) is 0 Å². The number of nitrogens with two attached hydrogens (primary N) is 2. The third-order valence-corrected chi connectivity index (χ3v) is 2.70. The minimum absolute atomic E-state index is 0.581. The fraction of sp³-hybridized carbons (Fsp3) is 0.917. The summed E-state index contributed by atoms with van der Waals surface area (Å²) in [6, 6.07) is 0. The van der Waals surface area contributed by atoms with Gasteiger partial charge >= 0.3 is 0 Å². The van der Waals surface area contributed by atoms with E-state index in [1.807, 2.05) is 0 Å². The van der Waals surface area contributed by atoms with Crippen molar-refractivity contribution < 1.29 is 0 Å². The van der Waals surface area contributed by atoms with Gasteiger partial charge in [-0.05, 0) is 6.42 Å². The molecule has 0 fully saturated rings. The van der Waals surface area contributed by atoms with E-state index in [2.05, 4.69) is 12.0 Å². The molecule has 3 nitrogen and oxygen atoms in total. The van der Waals surface area contributed by atoms with Crippen molar-refractivity contribution in [3.63, 3.8) is 0 Å². The van der Waals surface area contributed by atoms with Gasteiger partial charge in [0.05, 0.1) is 0 Å². The van der Waals surface area contributed by atoms with Crippen LogP contribution in [0, 0.1) is 0 Å². The summed E-state index contributed by atoms with van der Waals surface area (Å²) in [4.78, 5) is 0. The molecule has 0 aliphatic rings. The molecule has 0 amide bonds. The van der Waals surface area contributed by atoms with Crippen LogP contribution >= 0.6 is 0 Å². The highest BCUT2D eigenvalue weighted by Gasteiger charge is 1.94. The second kappa shape index (κ2) is 11.3. The molecule has 4 N–H and O–H groups in total. The van der Waals surface area contributed by atoms with Gasteiger partial charge in [-0.1, -0.05) is 58.3 Å². The van der Waals surface area contributed by atoms with Crippen LogP contribution in [0.4, 0.5) is 0 Å². The summed E-state index contributed by atoms with van der Waals surface area (Å²) < 4.78 is 0. The van der Waals surface area contributed by atoms with Gasteiger partial charge in [0.1, 0.15) is 5.84 Å². The number of hydrogen-bond acceptors (Lipinski definition) is 2. The Bertz CT molecular complexity index is 155. The van der Waals surface area contributed by atoms with Gasteiger partial charge in [0, 0.05) is 6.42 Å². The Kier molecular flexibility index (Phi) is 10.8. The SMILES string of the molecule is CCCCCCCCCCCC(N)=NN. The molecule has 0 aromatic carbocycles. The lowest BCUT2D eigenvalue weighted by molar-refractivity contribution is 0.568. The molecule has 90 valence electrons. The van der Waals surface area contributed by atoms with Crippen molar-refractivity contribution in [3.8, 4) is 0 Å². The monoisotopic (exact) mass is 213 g/mol. The molecule has 0 saturated carbocycles. The molecule has 0 aliphatic carbocycles. The zero-order valence-corrected chi connectivity index (χ0v) is 10.2. The maximum atomic E-state index is 5.49. The number of nitrogens with zero attached hydrogens (tertiary/aromatic N) is 1. The first-order valence-corrected chi connectivity index (χ1v) is 6.33. The normalized spacial score (nSPS) is 11.9. The van der Waals surface area contributed by atoms with E-state index >= 15 is 0 Å². The molecule has 0 radical (unpaired) electrons. The van der Waals surface area contributed by atoms with Gasteiger partial charge < -0.3 is 11.6 Å². The molecule has 0 heterocycles. The maximum absolute atomic E-state index is 5.49. The van der Waals surface area contributed by atoms with E-state index in [0.717, 1.165) is 12.8 Å². The summed E-state index contributed by atoms with van der Waals surface area (Å²) in [5, 5.41) is 3.45. The first kappa shape index (κ1) is 14.3. The van der Waals surface area contributed by atoms with E-state index < -0.39 is 0 Å². The van der Waals surface area contributed by atoms with Crippen LogP contribution in [-0.2, 0) is 0 Å². The smallest absolute Gasteiger partial charge is 0.119 e. The molecule has 0 rings (SSSR count). The Morgan fingerprint density at radius 3 is 1.80 bits per heavy atom. The lowest BCUT2D eigenvalue weighted by atomic mass is 10.1. The zero-order valence-electron chi connectivity index (χ0n) is 10.2. The number of hydrazone groups is 1. The van der Waals surface area contributed by atoms with E-state index in [1.54, 1.807) is 0 Å². The van der Waals surface area contributed by atoms with Crippen molar-refractivity contribution in [3.05, 3.63) is 0 Å². The topological polar surface area (TPSA) is 64.4 Å². The highest BCUT2D eigenvalue weighted by atomic mass is 15.1. The number of amidine groups is 1. The molecule has 15 heavy (non-hydrogen) atoms. The minimum Gasteiger partial charge on any atom is -0.386 e. The second-order valence-corrected chi connectivity index (χ2v) is 4.20. The van der Waals surface area contributed by atoms with Gasteiger partial charge in [-0.15, -0.1) is 0 Å². The van der Waals surface area contributed by atoms with Crippen LogP contribution in [-0.4, -0.2) is 5.84 Å². The molecule has 3 heteroatoms. The van der Waals surface area contributed by atoms with E-state index in [-0.39, 0.29) is 0 Å². The van der Waals surface area contributed by atoms with Crippen molar-refractivity contribution in [1.29, 1.82) is 0 Å². The average molecular weight is 213 g/mol. The Labute approximate surface area is 94.3 Å². The van der Waals surface area contributed by atoms with Gasteiger partial charge in [-0.3, -0.25) is 0 Å². The molecule has 0 saturated heterocycles. The van der Waals surface area contributed by atoms with Crippen molar-refractivity contribution in [2.24, 2.45) is 16.7 Å². The van der Waals surface area contributed by atoms with Crippen molar-refractivity contribution >= 4 is 5.84 Å². The number of unbranched alkanes of at least 4 members (excludes halogenated alkanes) is 8. The quantitative estimate of drug-likeness (QED) is 0.192. The van der Waals surface area contributed by atoms with Gasteiger partial charge in [-0.25, -0.2) is 0 Å². The first-order valence-electron chi connectivity index (χ1n) is 6.33. The predicted octanol–water partition coefficient (Wildman–Crippen LogP) is 3.14. The van der Waals surface area contributed by atoms with E-state index in [9.17, 15) is 0 Å². The molecule has 0 aliphatic heterocycles. The molecule has 0 atom stereocenters. The molecular weight excluding hydrogens is 186 g/mol. The lowest BCUT2D eigenvalue weighted by Crippen LogP contribution is -2.13. The van der Waals surface area contributed by atoms with Crippen LogP contribution in [0.5, 0.6) is 0 Å². The molecule has 0 bridgehead atoms. The van der Waals surface area contributed by atoms with Crippen molar-refractivity contribution in [2.45, 2.75) is 71.1 Å². The summed E-state index contributed by atoms with van der Waals surface area (Å²) >= 11 is 0. The van der Waals surface area contributed by atoms with Crippen LogP contribution in [0.3, 0.4) is 0 Å². The Morgan fingerprint density at radius 1 is 0.867 bits per heavy atom. The molecule has 0 aromatic heterocycles. The Balaban J connectivity index is 2.99. The second-order valence-electron chi connectivity index (χ2n) is 4.20.